The van der Waals surface area contributed by atoms with Crippen LogP contribution >= 0.6 is 0 Å². The van der Waals surface area contributed by atoms with Gasteiger partial charge in [0.2, 0.25) is 10.0 Å². The highest BCUT2D eigenvalue weighted by atomic mass is 32.2. The van der Waals surface area contributed by atoms with E-state index in [0.717, 1.165) is 0 Å². The zero-order chi connectivity index (χ0) is 14.0. The molecule has 0 bridgehead atoms. The topological polar surface area (TPSA) is 92.4 Å². The molecule has 0 unspecified atom stereocenters. The van der Waals surface area contributed by atoms with E-state index in [4.69, 9.17) is 10.8 Å². The molecule has 102 valence electrons. The lowest BCUT2D eigenvalue weighted by atomic mass is 10.0. The molecule has 0 atom stereocenters. The first-order valence-corrected chi connectivity index (χ1v) is 7.17. The molecule has 0 aliphatic rings. The summed E-state index contributed by atoms with van der Waals surface area (Å²) in [5.41, 5.74) is 5.95. The molecule has 6 heteroatoms. The molecule has 0 amide bonds. The van der Waals surface area contributed by atoms with Crippen molar-refractivity contribution in [3.8, 4) is 0 Å². The summed E-state index contributed by atoms with van der Waals surface area (Å²) in [6.45, 7) is 5.09. The Balaban J connectivity index is 3.11. The molecule has 0 aliphatic heterocycles. The molecule has 0 radical (unpaired) electrons. The monoisotopic (exact) mass is 272 g/mol. The molecular formula is C12H20N2O3S. The second kappa shape index (κ2) is 5.26. The second-order valence-electron chi connectivity index (χ2n) is 4.99. The third kappa shape index (κ3) is 3.69. The summed E-state index contributed by atoms with van der Waals surface area (Å²) in [6, 6.07) is 4.77. The highest BCUT2D eigenvalue weighted by molar-refractivity contribution is 7.89. The van der Waals surface area contributed by atoms with E-state index in [0.29, 0.717) is 17.7 Å². The number of aryl methyl sites for hydroxylation is 1. The average Bonchev–Trinajstić information content (AvgIpc) is 2.19. The average molecular weight is 272 g/mol. The number of nitrogen functional groups attached to an aromatic ring is 1. The number of aliphatic hydroxyl groups is 1. The number of nitrogens with one attached hydrogen (secondary N) is 1. The fourth-order valence-corrected chi connectivity index (χ4v) is 3.38. The SMILES string of the molecule is Cc1ccc(N)cc1S(=O)(=O)NC(C)(C)CCO. The maximum atomic E-state index is 12.2. The number of hydrogen-bond donors (Lipinski definition) is 3. The number of nitrogens with two attached hydrogens (primary N) is 1. The molecule has 1 aromatic carbocycles. The predicted molar refractivity (Wildman–Crippen MR) is 71.7 cm³/mol. The Bertz CT molecular complexity index is 524. The Labute approximate surface area is 108 Å². The van der Waals surface area contributed by atoms with Crippen LogP contribution in [-0.4, -0.2) is 25.7 Å². The predicted octanol–water partition coefficient (Wildman–Crippen LogP) is 1.02. The molecule has 0 saturated carbocycles. The fourth-order valence-electron chi connectivity index (χ4n) is 1.66. The van der Waals surface area contributed by atoms with Gasteiger partial charge in [0, 0.05) is 17.8 Å². The molecule has 0 fully saturated rings. The van der Waals surface area contributed by atoms with E-state index in [1.807, 2.05) is 0 Å². The van der Waals surface area contributed by atoms with E-state index in [-0.39, 0.29) is 11.5 Å². The van der Waals surface area contributed by atoms with Crippen LogP contribution in [0.2, 0.25) is 0 Å². The molecule has 0 spiro atoms. The lowest BCUT2D eigenvalue weighted by Crippen LogP contribution is -2.44. The number of anilines is 1. The molecule has 0 heterocycles. The van der Waals surface area contributed by atoms with Gasteiger partial charge in [-0.05, 0) is 44.9 Å². The Morgan fingerprint density at radius 3 is 2.56 bits per heavy atom. The van der Waals surface area contributed by atoms with Gasteiger partial charge in [-0.2, -0.15) is 0 Å². The van der Waals surface area contributed by atoms with Crippen molar-refractivity contribution in [1.29, 1.82) is 0 Å². The minimum atomic E-state index is -3.63. The van der Waals surface area contributed by atoms with Crippen LogP contribution in [0.15, 0.2) is 23.1 Å². The van der Waals surface area contributed by atoms with E-state index in [2.05, 4.69) is 4.72 Å². The number of sulfonamides is 1. The van der Waals surface area contributed by atoms with Crippen LogP contribution in [0.5, 0.6) is 0 Å². The first-order valence-electron chi connectivity index (χ1n) is 5.69. The Kier molecular flexibility index (Phi) is 4.37. The zero-order valence-electron chi connectivity index (χ0n) is 10.9. The molecule has 1 aromatic rings. The highest BCUT2D eigenvalue weighted by Crippen LogP contribution is 2.21. The first-order chi connectivity index (χ1) is 8.18. The number of benzene rings is 1. The summed E-state index contributed by atoms with van der Waals surface area (Å²) in [6.07, 6.45) is 0.341. The van der Waals surface area contributed by atoms with Crippen LogP contribution in [-0.2, 0) is 10.0 Å². The summed E-state index contributed by atoms with van der Waals surface area (Å²) in [5.74, 6) is 0. The van der Waals surface area contributed by atoms with Crippen molar-refractivity contribution in [2.24, 2.45) is 0 Å². The van der Waals surface area contributed by atoms with E-state index >= 15 is 0 Å². The molecule has 0 aliphatic carbocycles. The quantitative estimate of drug-likeness (QED) is 0.698. The highest BCUT2D eigenvalue weighted by Gasteiger charge is 2.26. The maximum absolute atomic E-state index is 12.2. The van der Waals surface area contributed by atoms with E-state index in [1.165, 1.54) is 6.07 Å². The minimum absolute atomic E-state index is 0.0779. The fraction of sp³-hybridized carbons (Fsp3) is 0.500. The summed E-state index contributed by atoms with van der Waals surface area (Å²) < 4.78 is 27.1. The summed E-state index contributed by atoms with van der Waals surface area (Å²) in [4.78, 5) is 0.175. The van der Waals surface area contributed by atoms with E-state index in [9.17, 15) is 8.42 Å². The van der Waals surface area contributed by atoms with E-state index < -0.39 is 15.6 Å². The second-order valence-corrected chi connectivity index (χ2v) is 6.64. The van der Waals surface area contributed by atoms with Crippen LogP contribution < -0.4 is 10.5 Å². The van der Waals surface area contributed by atoms with Crippen LogP contribution in [0.25, 0.3) is 0 Å². The van der Waals surface area contributed by atoms with Gasteiger partial charge in [-0.3, -0.25) is 0 Å². The van der Waals surface area contributed by atoms with Crippen molar-refractivity contribution in [2.75, 3.05) is 12.3 Å². The largest absolute Gasteiger partial charge is 0.399 e. The van der Waals surface area contributed by atoms with Crippen LogP contribution in [0.1, 0.15) is 25.8 Å². The van der Waals surface area contributed by atoms with Crippen molar-refractivity contribution in [3.05, 3.63) is 23.8 Å². The van der Waals surface area contributed by atoms with Gasteiger partial charge in [0.1, 0.15) is 0 Å². The Morgan fingerprint density at radius 1 is 1.39 bits per heavy atom. The summed E-state index contributed by atoms with van der Waals surface area (Å²) in [7, 11) is -3.63. The molecule has 0 aromatic heterocycles. The summed E-state index contributed by atoms with van der Waals surface area (Å²) >= 11 is 0. The smallest absolute Gasteiger partial charge is 0.241 e. The van der Waals surface area contributed by atoms with Crippen molar-refractivity contribution >= 4 is 15.7 Å². The number of hydrogen-bond acceptors (Lipinski definition) is 4. The van der Waals surface area contributed by atoms with Crippen LogP contribution in [0.4, 0.5) is 5.69 Å². The molecule has 4 N–H and O–H groups in total. The van der Waals surface area contributed by atoms with Crippen molar-refractivity contribution < 1.29 is 13.5 Å². The van der Waals surface area contributed by atoms with Crippen molar-refractivity contribution in [1.82, 2.24) is 4.72 Å². The van der Waals surface area contributed by atoms with E-state index in [1.54, 1.807) is 32.9 Å². The summed E-state index contributed by atoms with van der Waals surface area (Å²) in [5, 5.41) is 8.91. The lowest BCUT2D eigenvalue weighted by Gasteiger charge is -2.25. The molecular weight excluding hydrogens is 252 g/mol. The van der Waals surface area contributed by atoms with Crippen LogP contribution in [0, 0.1) is 6.92 Å². The van der Waals surface area contributed by atoms with Gasteiger partial charge in [0.15, 0.2) is 0 Å². The van der Waals surface area contributed by atoms with Crippen LogP contribution in [0.3, 0.4) is 0 Å². The molecule has 5 nitrogen and oxygen atoms in total. The molecule has 0 saturated heterocycles. The lowest BCUT2D eigenvalue weighted by molar-refractivity contribution is 0.245. The Hall–Kier alpha value is -1.11. The number of rotatable bonds is 5. The van der Waals surface area contributed by atoms with Gasteiger partial charge in [0.05, 0.1) is 4.90 Å². The zero-order valence-corrected chi connectivity index (χ0v) is 11.7. The van der Waals surface area contributed by atoms with Gasteiger partial charge in [0.25, 0.3) is 0 Å². The third-order valence-electron chi connectivity index (χ3n) is 2.65. The normalized spacial score (nSPS) is 12.7. The third-order valence-corrected chi connectivity index (χ3v) is 4.49. The van der Waals surface area contributed by atoms with Crippen molar-refractivity contribution in [2.45, 2.75) is 37.6 Å². The molecule has 1 rings (SSSR count). The Morgan fingerprint density at radius 2 is 2.00 bits per heavy atom. The number of aliphatic hydroxyl groups excluding tert-OH is 1. The maximum Gasteiger partial charge on any atom is 0.241 e. The molecule has 18 heavy (non-hydrogen) atoms. The minimum Gasteiger partial charge on any atom is -0.399 e. The van der Waals surface area contributed by atoms with Gasteiger partial charge < -0.3 is 10.8 Å². The van der Waals surface area contributed by atoms with Gasteiger partial charge in [-0.25, -0.2) is 13.1 Å². The van der Waals surface area contributed by atoms with Gasteiger partial charge in [-0.1, -0.05) is 6.07 Å². The first kappa shape index (κ1) is 14.9. The van der Waals surface area contributed by atoms with Gasteiger partial charge in [-0.15, -0.1) is 0 Å². The van der Waals surface area contributed by atoms with Gasteiger partial charge >= 0.3 is 0 Å². The van der Waals surface area contributed by atoms with Crippen molar-refractivity contribution in [3.63, 3.8) is 0 Å². The standard InChI is InChI=1S/C12H20N2O3S/c1-9-4-5-10(13)8-11(9)18(16,17)14-12(2,3)6-7-15/h4-5,8,14-15H,6-7,13H2,1-3H3.